The summed E-state index contributed by atoms with van der Waals surface area (Å²) in [5.74, 6) is 1.39. The SMILES string of the molecule is CCn1c(Cn2c(=O)[nH]c3cc(OC4CCN(C(C)=N)CC4)ccc32)cc2ccc(C(=N)N)cc21. The maximum Gasteiger partial charge on any atom is 0.326 e. The predicted molar refractivity (Wildman–Crippen MR) is 139 cm³/mol. The van der Waals surface area contributed by atoms with E-state index in [1.165, 1.54) is 0 Å². The smallest absolute Gasteiger partial charge is 0.326 e. The molecule has 1 aliphatic heterocycles. The maximum atomic E-state index is 12.9. The summed E-state index contributed by atoms with van der Waals surface area (Å²) in [5.41, 5.74) is 9.80. The quantitative estimate of drug-likeness (QED) is 0.252. The fourth-order valence-corrected chi connectivity index (χ4v) is 5.02. The number of aromatic nitrogens is 3. The van der Waals surface area contributed by atoms with E-state index in [0.29, 0.717) is 17.9 Å². The molecule has 0 spiro atoms. The van der Waals surface area contributed by atoms with Gasteiger partial charge in [-0.1, -0.05) is 12.1 Å². The molecule has 1 saturated heterocycles. The molecule has 0 bridgehead atoms. The van der Waals surface area contributed by atoms with Gasteiger partial charge in [-0.25, -0.2) is 4.79 Å². The molecule has 1 aliphatic rings. The van der Waals surface area contributed by atoms with Gasteiger partial charge in [-0.05, 0) is 43.5 Å². The van der Waals surface area contributed by atoms with Crippen molar-refractivity contribution in [1.82, 2.24) is 19.0 Å². The highest BCUT2D eigenvalue weighted by atomic mass is 16.5. The second-order valence-electron chi connectivity index (χ2n) is 9.15. The average molecular weight is 474 g/mol. The van der Waals surface area contributed by atoms with Gasteiger partial charge in [0, 0.05) is 55.3 Å². The molecule has 1 fully saturated rings. The van der Waals surface area contributed by atoms with Crippen LogP contribution in [0.4, 0.5) is 0 Å². The third-order valence-electron chi connectivity index (χ3n) is 6.90. The van der Waals surface area contributed by atoms with Crippen molar-refractivity contribution in [2.75, 3.05) is 13.1 Å². The van der Waals surface area contributed by atoms with Crippen molar-refractivity contribution in [2.24, 2.45) is 5.73 Å². The Kier molecular flexibility index (Phi) is 5.84. The molecule has 3 heterocycles. The first-order valence-corrected chi connectivity index (χ1v) is 12.0. The highest BCUT2D eigenvalue weighted by molar-refractivity contribution is 5.98. The highest BCUT2D eigenvalue weighted by Gasteiger charge is 2.21. The number of fused-ring (bicyclic) bond motifs is 2. The van der Waals surface area contributed by atoms with Gasteiger partial charge in [0.2, 0.25) is 0 Å². The van der Waals surface area contributed by atoms with Crippen LogP contribution in [0.25, 0.3) is 21.9 Å². The minimum atomic E-state index is -0.163. The average Bonchev–Trinajstić information content (AvgIpc) is 3.34. The number of imidazole rings is 1. The molecule has 0 saturated carbocycles. The van der Waals surface area contributed by atoms with Crippen LogP contribution in [0.5, 0.6) is 5.75 Å². The molecule has 0 amide bonds. The lowest BCUT2D eigenvalue weighted by atomic mass is 10.1. The van der Waals surface area contributed by atoms with Crippen LogP contribution in [-0.2, 0) is 13.1 Å². The Morgan fingerprint density at radius 1 is 1.09 bits per heavy atom. The zero-order chi connectivity index (χ0) is 24.7. The van der Waals surface area contributed by atoms with Crippen molar-refractivity contribution >= 4 is 33.6 Å². The number of hydrogen-bond acceptors (Lipinski definition) is 4. The Balaban J connectivity index is 1.40. The fourth-order valence-electron chi connectivity index (χ4n) is 5.02. The van der Waals surface area contributed by atoms with Crippen LogP contribution < -0.4 is 16.2 Å². The van der Waals surface area contributed by atoms with Crippen molar-refractivity contribution < 1.29 is 4.74 Å². The van der Waals surface area contributed by atoms with Crippen LogP contribution in [0.2, 0.25) is 0 Å². The van der Waals surface area contributed by atoms with Crippen LogP contribution in [0.3, 0.4) is 0 Å². The first kappa shape index (κ1) is 22.8. The van der Waals surface area contributed by atoms with E-state index in [0.717, 1.165) is 65.9 Å². The van der Waals surface area contributed by atoms with Gasteiger partial charge in [-0.3, -0.25) is 15.4 Å². The van der Waals surface area contributed by atoms with E-state index in [-0.39, 0.29) is 17.6 Å². The number of nitrogen functional groups attached to an aromatic ring is 1. The predicted octanol–water partition coefficient (Wildman–Crippen LogP) is 3.48. The lowest BCUT2D eigenvalue weighted by Gasteiger charge is -2.32. The van der Waals surface area contributed by atoms with E-state index in [2.05, 4.69) is 27.4 Å². The van der Waals surface area contributed by atoms with Crippen LogP contribution in [0.1, 0.15) is 37.9 Å². The summed E-state index contributed by atoms with van der Waals surface area (Å²) >= 11 is 0. The number of hydrogen-bond donors (Lipinski definition) is 4. The van der Waals surface area contributed by atoms with E-state index in [1.54, 1.807) is 4.57 Å². The van der Waals surface area contributed by atoms with E-state index in [4.69, 9.17) is 21.3 Å². The first-order chi connectivity index (χ1) is 16.8. The van der Waals surface area contributed by atoms with Gasteiger partial charge in [0.15, 0.2) is 0 Å². The third kappa shape index (κ3) is 4.29. The lowest BCUT2D eigenvalue weighted by molar-refractivity contribution is 0.130. The number of amidine groups is 2. The molecule has 5 N–H and O–H groups in total. The Labute approximate surface area is 203 Å². The van der Waals surface area contributed by atoms with Crippen molar-refractivity contribution in [2.45, 2.75) is 45.9 Å². The molecular weight excluding hydrogens is 442 g/mol. The topological polar surface area (TPSA) is 129 Å². The van der Waals surface area contributed by atoms with E-state index < -0.39 is 0 Å². The Bertz CT molecular complexity index is 1480. The van der Waals surface area contributed by atoms with Gasteiger partial charge in [-0.2, -0.15) is 0 Å². The molecule has 182 valence electrons. The molecule has 35 heavy (non-hydrogen) atoms. The van der Waals surface area contributed by atoms with Gasteiger partial charge < -0.3 is 24.9 Å². The highest BCUT2D eigenvalue weighted by Crippen LogP contribution is 2.25. The summed E-state index contributed by atoms with van der Waals surface area (Å²) in [4.78, 5) is 17.9. The van der Waals surface area contributed by atoms with E-state index in [9.17, 15) is 4.79 Å². The largest absolute Gasteiger partial charge is 0.490 e. The van der Waals surface area contributed by atoms with Gasteiger partial charge in [0.05, 0.1) is 23.4 Å². The number of nitrogens with zero attached hydrogens (tertiary/aromatic N) is 3. The van der Waals surface area contributed by atoms with Gasteiger partial charge in [0.1, 0.15) is 17.7 Å². The molecule has 4 aromatic rings. The molecule has 0 atom stereocenters. The maximum absolute atomic E-state index is 12.9. The number of nitrogens with one attached hydrogen (secondary N) is 3. The number of nitrogens with two attached hydrogens (primary N) is 1. The van der Waals surface area contributed by atoms with E-state index in [1.807, 2.05) is 43.3 Å². The molecule has 9 nitrogen and oxygen atoms in total. The number of piperidine rings is 1. The van der Waals surface area contributed by atoms with Crippen LogP contribution in [0, 0.1) is 10.8 Å². The molecule has 9 heteroatoms. The number of benzene rings is 2. The Hall–Kier alpha value is -4.01. The number of likely N-dealkylation sites (tertiary alicyclic amines) is 1. The zero-order valence-electron chi connectivity index (χ0n) is 20.1. The Morgan fingerprint density at radius 2 is 1.86 bits per heavy atom. The van der Waals surface area contributed by atoms with E-state index >= 15 is 0 Å². The standard InChI is InChI=1S/C26H31N7O2/c1-3-32-19(12-17-4-5-18(25(28)29)13-24(17)32)15-33-23-7-6-21(14-22(23)30-26(33)34)35-20-8-10-31(11-9-20)16(2)27/h4-7,12-14,20,27H,3,8-11,15H2,1-2H3,(H3,28,29)(H,30,34). The van der Waals surface area contributed by atoms with Gasteiger partial charge in [-0.15, -0.1) is 0 Å². The summed E-state index contributed by atoms with van der Waals surface area (Å²) in [6, 6.07) is 13.6. The third-order valence-corrected chi connectivity index (χ3v) is 6.90. The van der Waals surface area contributed by atoms with Crippen molar-refractivity contribution in [1.29, 1.82) is 10.8 Å². The number of ether oxygens (including phenoxy) is 1. The number of aryl methyl sites for hydroxylation is 1. The second-order valence-corrected chi connectivity index (χ2v) is 9.15. The van der Waals surface area contributed by atoms with Gasteiger partial charge >= 0.3 is 5.69 Å². The molecule has 2 aromatic heterocycles. The summed E-state index contributed by atoms with van der Waals surface area (Å²) in [6.45, 7) is 6.71. The Morgan fingerprint density at radius 3 is 2.54 bits per heavy atom. The second kappa shape index (κ2) is 8.98. The monoisotopic (exact) mass is 473 g/mol. The summed E-state index contributed by atoms with van der Waals surface area (Å²) in [5, 5.41) is 16.6. The van der Waals surface area contributed by atoms with Crippen LogP contribution in [-0.4, -0.2) is 49.9 Å². The first-order valence-electron chi connectivity index (χ1n) is 12.0. The fraction of sp³-hybridized carbons (Fsp3) is 0.346. The number of H-pyrrole nitrogens is 1. The summed E-state index contributed by atoms with van der Waals surface area (Å²) < 4.78 is 10.1. The zero-order valence-corrected chi connectivity index (χ0v) is 20.1. The molecule has 2 aromatic carbocycles. The number of aromatic amines is 1. The van der Waals surface area contributed by atoms with Crippen molar-refractivity contribution in [3.63, 3.8) is 0 Å². The normalized spacial score (nSPS) is 14.6. The molecule has 0 aliphatic carbocycles. The van der Waals surface area contributed by atoms with Crippen molar-refractivity contribution in [3.05, 3.63) is 64.2 Å². The molecular formula is C26H31N7O2. The summed E-state index contributed by atoms with van der Waals surface area (Å²) in [6.07, 6.45) is 1.86. The minimum absolute atomic E-state index is 0.0403. The van der Waals surface area contributed by atoms with Gasteiger partial charge in [0.25, 0.3) is 0 Å². The van der Waals surface area contributed by atoms with Crippen LogP contribution >= 0.6 is 0 Å². The van der Waals surface area contributed by atoms with Crippen molar-refractivity contribution in [3.8, 4) is 5.75 Å². The lowest BCUT2D eigenvalue weighted by Crippen LogP contribution is -2.40. The molecule has 0 radical (unpaired) electrons. The molecule has 0 unspecified atom stereocenters. The summed E-state index contributed by atoms with van der Waals surface area (Å²) in [7, 11) is 0. The van der Waals surface area contributed by atoms with Crippen LogP contribution in [0.15, 0.2) is 47.3 Å². The number of rotatable bonds is 6. The minimum Gasteiger partial charge on any atom is -0.490 e. The molecule has 5 rings (SSSR count).